The highest BCUT2D eigenvalue weighted by Gasteiger charge is 2.08. The van der Waals surface area contributed by atoms with Crippen LogP contribution in [0.2, 0.25) is 10.0 Å². The van der Waals surface area contributed by atoms with E-state index in [2.05, 4.69) is 4.98 Å². The quantitative estimate of drug-likeness (QED) is 0.917. The van der Waals surface area contributed by atoms with Crippen LogP contribution in [0.3, 0.4) is 0 Å². The van der Waals surface area contributed by atoms with E-state index in [4.69, 9.17) is 28.3 Å². The van der Waals surface area contributed by atoms with E-state index in [1.54, 1.807) is 24.5 Å². The number of hydrogen-bond donors (Lipinski definition) is 1. The zero-order valence-corrected chi connectivity index (χ0v) is 9.91. The van der Waals surface area contributed by atoms with Crippen LogP contribution in [-0.2, 0) is 6.42 Å². The summed E-state index contributed by atoms with van der Waals surface area (Å²) in [5.41, 5.74) is 0.812. The predicted molar refractivity (Wildman–Crippen MR) is 64.4 cm³/mol. The van der Waals surface area contributed by atoms with E-state index in [-0.39, 0.29) is 6.61 Å². The van der Waals surface area contributed by atoms with Crippen LogP contribution in [0.15, 0.2) is 30.6 Å². The molecule has 0 aliphatic heterocycles. The third-order valence-corrected chi connectivity index (χ3v) is 2.76. The number of imidazole rings is 1. The lowest BCUT2D eigenvalue weighted by Crippen LogP contribution is -2.03. The number of aliphatic hydroxyl groups is 1. The Morgan fingerprint density at radius 3 is 2.81 bits per heavy atom. The molecule has 0 unspecified atom stereocenters. The summed E-state index contributed by atoms with van der Waals surface area (Å²) in [5.74, 6) is 0.770. The molecule has 0 bridgehead atoms. The van der Waals surface area contributed by atoms with Gasteiger partial charge in [-0.15, -0.1) is 0 Å². The number of aromatic nitrogens is 2. The topological polar surface area (TPSA) is 38.1 Å². The number of nitrogens with zero attached hydrogens (tertiary/aromatic N) is 2. The van der Waals surface area contributed by atoms with Gasteiger partial charge in [0.25, 0.3) is 0 Å². The van der Waals surface area contributed by atoms with Crippen LogP contribution < -0.4 is 0 Å². The van der Waals surface area contributed by atoms with Crippen molar-refractivity contribution in [1.29, 1.82) is 0 Å². The van der Waals surface area contributed by atoms with E-state index in [0.717, 1.165) is 11.5 Å². The summed E-state index contributed by atoms with van der Waals surface area (Å²) in [5, 5.41) is 10.1. The van der Waals surface area contributed by atoms with Crippen LogP contribution in [0.25, 0.3) is 5.69 Å². The van der Waals surface area contributed by atoms with E-state index in [1.165, 1.54) is 0 Å². The molecule has 0 aliphatic carbocycles. The number of benzene rings is 1. The van der Waals surface area contributed by atoms with Gasteiger partial charge in [-0.2, -0.15) is 0 Å². The summed E-state index contributed by atoms with van der Waals surface area (Å²) in [4.78, 5) is 4.16. The molecule has 5 heteroatoms. The lowest BCUT2D eigenvalue weighted by atomic mass is 10.3. The third-order valence-electron chi connectivity index (χ3n) is 2.22. The first kappa shape index (κ1) is 11.5. The highest BCUT2D eigenvalue weighted by atomic mass is 35.5. The summed E-state index contributed by atoms with van der Waals surface area (Å²) in [7, 11) is 0. The molecule has 0 atom stereocenters. The van der Waals surface area contributed by atoms with E-state index in [9.17, 15) is 0 Å². The van der Waals surface area contributed by atoms with Crippen LogP contribution in [0, 0.1) is 0 Å². The summed E-state index contributed by atoms with van der Waals surface area (Å²) in [6.07, 6.45) is 3.97. The molecular formula is C11H10Cl2N2O. The average molecular weight is 257 g/mol. The normalized spacial score (nSPS) is 10.7. The summed E-state index contributed by atoms with van der Waals surface area (Å²) >= 11 is 11.9. The van der Waals surface area contributed by atoms with Gasteiger partial charge in [0, 0.05) is 23.8 Å². The molecule has 1 aromatic heterocycles. The summed E-state index contributed by atoms with van der Waals surface area (Å²) < 4.78 is 1.84. The van der Waals surface area contributed by atoms with Crippen molar-refractivity contribution in [3.05, 3.63) is 46.5 Å². The van der Waals surface area contributed by atoms with Gasteiger partial charge in [0.05, 0.1) is 17.3 Å². The number of halogens is 2. The predicted octanol–water partition coefficient (Wildman–Crippen LogP) is 2.71. The van der Waals surface area contributed by atoms with E-state index in [1.807, 2.05) is 10.6 Å². The Balaban J connectivity index is 2.46. The monoisotopic (exact) mass is 256 g/mol. The Bertz CT molecular complexity index is 496. The number of aliphatic hydroxyl groups excluding tert-OH is 1. The first-order valence-electron chi connectivity index (χ1n) is 4.81. The molecule has 1 heterocycles. The van der Waals surface area contributed by atoms with Gasteiger partial charge >= 0.3 is 0 Å². The highest BCUT2D eigenvalue weighted by molar-refractivity contribution is 6.35. The zero-order chi connectivity index (χ0) is 11.5. The maximum absolute atomic E-state index is 8.92. The summed E-state index contributed by atoms with van der Waals surface area (Å²) in [6, 6.07) is 5.28. The van der Waals surface area contributed by atoms with Gasteiger partial charge in [0.1, 0.15) is 5.82 Å². The van der Waals surface area contributed by atoms with Gasteiger partial charge in [-0.25, -0.2) is 4.98 Å². The average Bonchev–Trinajstić information content (AvgIpc) is 2.67. The fraction of sp³-hybridized carbons (Fsp3) is 0.182. The molecular weight excluding hydrogens is 247 g/mol. The lowest BCUT2D eigenvalue weighted by Gasteiger charge is -2.09. The molecule has 0 saturated carbocycles. The fourth-order valence-electron chi connectivity index (χ4n) is 1.52. The fourth-order valence-corrected chi connectivity index (χ4v) is 2.01. The van der Waals surface area contributed by atoms with Crippen LogP contribution in [0.4, 0.5) is 0 Å². The van der Waals surface area contributed by atoms with Crippen LogP contribution >= 0.6 is 23.2 Å². The van der Waals surface area contributed by atoms with Crippen molar-refractivity contribution in [2.45, 2.75) is 6.42 Å². The minimum absolute atomic E-state index is 0.0578. The molecule has 0 amide bonds. The molecule has 0 saturated heterocycles. The molecule has 2 aromatic rings. The van der Waals surface area contributed by atoms with Crippen molar-refractivity contribution >= 4 is 23.2 Å². The largest absolute Gasteiger partial charge is 0.396 e. The highest BCUT2D eigenvalue weighted by Crippen LogP contribution is 2.25. The molecule has 2 rings (SSSR count). The first-order chi connectivity index (χ1) is 7.72. The van der Waals surface area contributed by atoms with Crippen LogP contribution in [0.1, 0.15) is 5.82 Å². The Kier molecular flexibility index (Phi) is 3.49. The molecule has 84 valence electrons. The number of hydrogen-bond acceptors (Lipinski definition) is 2. The third kappa shape index (κ3) is 2.21. The molecule has 1 N–H and O–H groups in total. The summed E-state index contributed by atoms with van der Waals surface area (Å²) in [6.45, 7) is 0.0578. The van der Waals surface area contributed by atoms with Gasteiger partial charge in [-0.05, 0) is 18.2 Å². The molecule has 0 aliphatic rings. The molecule has 0 spiro atoms. The Hall–Kier alpha value is -1.03. The molecule has 1 aromatic carbocycles. The van der Waals surface area contributed by atoms with Gasteiger partial charge in [-0.3, -0.25) is 0 Å². The van der Waals surface area contributed by atoms with Gasteiger partial charge in [0.2, 0.25) is 0 Å². The van der Waals surface area contributed by atoms with Crippen molar-refractivity contribution in [1.82, 2.24) is 9.55 Å². The second kappa shape index (κ2) is 4.87. The Labute approximate surface area is 103 Å². The van der Waals surface area contributed by atoms with Gasteiger partial charge < -0.3 is 9.67 Å². The molecule has 0 radical (unpaired) electrons. The van der Waals surface area contributed by atoms with Gasteiger partial charge in [-0.1, -0.05) is 23.2 Å². The molecule has 16 heavy (non-hydrogen) atoms. The van der Waals surface area contributed by atoms with Crippen molar-refractivity contribution in [3.63, 3.8) is 0 Å². The van der Waals surface area contributed by atoms with Crippen molar-refractivity contribution in [3.8, 4) is 5.69 Å². The minimum atomic E-state index is 0.0578. The SMILES string of the molecule is OCCc1nccn1-c1ccc(Cl)cc1Cl. The lowest BCUT2D eigenvalue weighted by molar-refractivity contribution is 0.296. The minimum Gasteiger partial charge on any atom is -0.396 e. The molecule has 3 nitrogen and oxygen atoms in total. The zero-order valence-electron chi connectivity index (χ0n) is 8.40. The second-order valence-electron chi connectivity index (χ2n) is 3.28. The van der Waals surface area contributed by atoms with Crippen molar-refractivity contribution < 1.29 is 5.11 Å². The van der Waals surface area contributed by atoms with Gasteiger partial charge in [0.15, 0.2) is 0 Å². The second-order valence-corrected chi connectivity index (χ2v) is 4.13. The van der Waals surface area contributed by atoms with E-state index >= 15 is 0 Å². The smallest absolute Gasteiger partial charge is 0.115 e. The Morgan fingerprint density at radius 1 is 1.31 bits per heavy atom. The van der Waals surface area contributed by atoms with E-state index in [0.29, 0.717) is 16.5 Å². The van der Waals surface area contributed by atoms with Crippen LogP contribution in [0.5, 0.6) is 0 Å². The maximum Gasteiger partial charge on any atom is 0.115 e. The molecule has 0 fully saturated rings. The van der Waals surface area contributed by atoms with E-state index < -0.39 is 0 Å². The Morgan fingerprint density at radius 2 is 2.12 bits per heavy atom. The number of rotatable bonds is 3. The van der Waals surface area contributed by atoms with Crippen LogP contribution in [-0.4, -0.2) is 21.3 Å². The maximum atomic E-state index is 8.92. The first-order valence-corrected chi connectivity index (χ1v) is 5.56. The standard InChI is InChI=1S/C11H10Cl2N2O/c12-8-1-2-10(9(13)7-8)15-5-4-14-11(15)3-6-16/h1-2,4-5,7,16H,3,6H2. The van der Waals surface area contributed by atoms with Crippen molar-refractivity contribution in [2.75, 3.05) is 6.61 Å². The van der Waals surface area contributed by atoms with Crippen molar-refractivity contribution in [2.24, 2.45) is 0 Å².